The lowest BCUT2D eigenvalue weighted by atomic mass is 10.2. The van der Waals surface area contributed by atoms with Crippen LogP contribution >= 0.6 is 0 Å². The van der Waals surface area contributed by atoms with Crippen molar-refractivity contribution in [2.75, 3.05) is 0 Å². The molecule has 0 aliphatic rings. The van der Waals surface area contributed by atoms with E-state index in [9.17, 15) is 4.79 Å². The number of oxime groups is 1. The number of carboxylic acids is 1. The minimum atomic E-state index is -1.07. The average molecular weight is 247 g/mol. The van der Waals surface area contributed by atoms with E-state index in [1.807, 2.05) is 26.0 Å². The Balaban J connectivity index is 2.21. The second kappa shape index (κ2) is 4.91. The van der Waals surface area contributed by atoms with Crippen molar-refractivity contribution in [2.45, 2.75) is 20.5 Å². The molecule has 0 bridgehead atoms. The van der Waals surface area contributed by atoms with Gasteiger partial charge in [-0.2, -0.15) is 0 Å². The molecular formula is C13H13NO4. The smallest absolute Gasteiger partial charge is 0.371 e. The maximum absolute atomic E-state index is 10.8. The summed E-state index contributed by atoms with van der Waals surface area (Å²) in [4.78, 5) is 15.9. The Bertz CT molecular complexity index is 608. The zero-order valence-electron chi connectivity index (χ0n) is 10.1. The van der Waals surface area contributed by atoms with Gasteiger partial charge in [0.1, 0.15) is 12.2 Å². The van der Waals surface area contributed by atoms with Gasteiger partial charge in [-0.25, -0.2) is 4.79 Å². The van der Waals surface area contributed by atoms with Gasteiger partial charge in [0.2, 0.25) is 5.76 Å². The quantitative estimate of drug-likeness (QED) is 0.665. The number of nitrogens with zero attached hydrogens (tertiary/aromatic N) is 1. The number of rotatable bonds is 4. The standard InChI is InChI=1S/C13H13NO4/c1-8(2)14-17-7-9-3-4-11-10(5-9)6-12(18-11)13(15)16/h3-6H,7H2,1-2H3,(H,15,16). The van der Waals surface area contributed by atoms with Crippen LogP contribution in [0.15, 0.2) is 33.8 Å². The maximum atomic E-state index is 10.8. The number of aromatic carboxylic acids is 1. The third-order valence-corrected chi connectivity index (χ3v) is 2.27. The number of carboxylic acid groups (broad SMARTS) is 1. The number of fused-ring (bicyclic) bond motifs is 1. The van der Waals surface area contributed by atoms with Crippen LogP contribution in [0.5, 0.6) is 0 Å². The summed E-state index contributed by atoms with van der Waals surface area (Å²) in [6.45, 7) is 4.03. The molecule has 1 aromatic carbocycles. The Hall–Kier alpha value is -2.30. The zero-order chi connectivity index (χ0) is 13.1. The fraction of sp³-hybridized carbons (Fsp3) is 0.231. The fourth-order valence-electron chi connectivity index (χ4n) is 1.52. The molecule has 0 fully saturated rings. The van der Waals surface area contributed by atoms with E-state index in [1.54, 1.807) is 6.07 Å². The minimum absolute atomic E-state index is 0.0644. The molecule has 0 saturated heterocycles. The number of benzene rings is 1. The Morgan fingerprint density at radius 3 is 2.83 bits per heavy atom. The number of carbonyl (C=O) groups is 1. The second-order valence-corrected chi connectivity index (χ2v) is 4.10. The molecule has 1 aromatic heterocycles. The van der Waals surface area contributed by atoms with Gasteiger partial charge in [-0.05, 0) is 37.6 Å². The van der Waals surface area contributed by atoms with Crippen molar-refractivity contribution in [1.29, 1.82) is 0 Å². The third-order valence-electron chi connectivity index (χ3n) is 2.27. The molecule has 1 N–H and O–H groups in total. The van der Waals surface area contributed by atoms with Gasteiger partial charge in [0.25, 0.3) is 0 Å². The number of hydrogen-bond acceptors (Lipinski definition) is 4. The summed E-state index contributed by atoms with van der Waals surface area (Å²) >= 11 is 0. The summed E-state index contributed by atoms with van der Waals surface area (Å²) in [6.07, 6.45) is 0. The van der Waals surface area contributed by atoms with Crippen molar-refractivity contribution in [3.05, 3.63) is 35.6 Å². The molecule has 2 rings (SSSR count). The largest absolute Gasteiger partial charge is 0.475 e. The van der Waals surface area contributed by atoms with Crippen LogP contribution in [0.3, 0.4) is 0 Å². The van der Waals surface area contributed by atoms with Gasteiger partial charge < -0.3 is 14.4 Å². The molecule has 0 radical (unpaired) electrons. The zero-order valence-corrected chi connectivity index (χ0v) is 10.1. The summed E-state index contributed by atoms with van der Waals surface area (Å²) in [6, 6.07) is 6.86. The molecule has 18 heavy (non-hydrogen) atoms. The lowest BCUT2D eigenvalue weighted by molar-refractivity contribution is 0.0665. The lowest BCUT2D eigenvalue weighted by Crippen LogP contribution is -1.91. The van der Waals surface area contributed by atoms with Crippen LogP contribution in [0.1, 0.15) is 30.0 Å². The topological polar surface area (TPSA) is 72.0 Å². The fourth-order valence-corrected chi connectivity index (χ4v) is 1.52. The number of hydrogen-bond donors (Lipinski definition) is 1. The molecule has 0 aliphatic heterocycles. The van der Waals surface area contributed by atoms with Crippen molar-refractivity contribution < 1.29 is 19.2 Å². The highest BCUT2D eigenvalue weighted by atomic mass is 16.6. The molecule has 2 aromatic rings. The van der Waals surface area contributed by atoms with Crippen molar-refractivity contribution in [3.63, 3.8) is 0 Å². The van der Waals surface area contributed by atoms with E-state index in [-0.39, 0.29) is 5.76 Å². The average Bonchev–Trinajstić information content (AvgIpc) is 2.71. The lowest BCUT2D eigenvalue weighted by Gasteiger charge is -2.00. The van der Waals surface area contributed by atoms with Gasteiger partial charge >= 0.3 is 5.97 Å². The highest BCUT2D eigenvalue weighted by Crippen LogP contribution is 2.21. The SMILES string of the molecule is CC(C)=NOCc1ccc2oc(C(=O)O)cc2c1. The summed E-state index contributed by atoms with van der Waals surface area (Å²) in [5, 5.41) is 13.4. The van der Waals surface area contributed by atoms with E-state index in [1.165, 1.54) is 6.07 Å². The second-order valence-electron chi connectivity index (χ2n) is 4.10. The molecule has 0 aliphatic carbocycles. The van der Waals surface area contributed by atoms with Crippen LogP contribution < -0.4 is 0 Å². The van der Waals surface area contributed by atoms with Gasteiger partial charge in [0.05, 0.1) is 5.71 Å². The molecule has 5 heteroatoms. The molecule has 0 amide bonds. The highest BCUT2D eigenvalue weighted by Gasteiger charge is 2.10. The predicted octanol–water partition coefficient (Wildman–Crippen LogP) is 3.04. The Morgan fingerprint density at radius 2 is 2.17 bits per heavy atom. The van der Waals surface area contributed by atoms with Gasteiger partial charge in [0.15, 0.2) is 0 Å². The summed E-state index contributed by atoms with van der Waals surface area (Å²) < 4.78 is 5.16. The summed E-state index contributed by atoms with van der Waals surface area (Å²) in [5.74, 6) is -1.14. The van der Waals surface area contributed by atoms with E-state index < -0.39 is 5.97 Å². The van der Waals surface area contributed by atoms with Crippen molar-refractivity contribution in [2.24, 2.45) is 5.16 Å². The normalized spacial score (nSPS) is 10.3. The summed E-state index contributed by atoms with van der Waals surface area (Å²) in [5.41, 5.74) is 2.30. The van der Waals surface area contributed by atoms with Gasteiger partial charge in [-0.1, -0.05) is 11.2 Å². The van der Waals surface area contributed by atoms with Gasteiger partial charge in [0, 0.05) is 5.39 Å². The Labute approximate surface area is 104 Å². The molecule has 0 unspecified atom stereocenters. The van der Waals surface area contributed by atoms with Crippen molar-refractivity contribution in [3.8, 4) is 0 Å². The molecule has 94 valence electrons. The van der Waals surface area contributed by atoms with Crippen LogP contribution in [-0.2, 0) is 11.4 Å². The molecule has 5 nitrogen and oxygen atoms in total. The van der Waals surface area contributed by atoms with Crippen molar-refractivity contribution >= 4 is 22.7 Å². The summed E-state index contributed by atoms with van der Waals surface area (Å²) in [7, 11) is 0. The molecule has 0 spiro atoms. The van der Waals surface area contributed by atoms with E-state index in [0.717, 1.165) is 16.7 Å². The van der Waals surface area contributed by atoms with E-state index in [0.29, 0.717) is 12.2 Å². The highest BCUT2D eigenvalue weighted by molar-refractivity contribution is 5.91. The van der Waals surface area contributed by atoms with Gasteiger partial charge in [-0.3, -0.25) is 0 Å². The van der Waals surface area contributed by atoms with Crippen LogP contribution in [-0.4, -0.2) is 16.8 Å². The minimum Gasteiger partial charge on any atom is -0.475 e. The first-order valence-corrected chi connectivity index (χ1v) is 5.45. The molecule has 0 saturated carbocycles. The molecule has 1 heterocycles. The van der Waals surface area contributed by atoms with Crippen LogP contribution in [0.4, 0.5) is 0 Å². The van der Waals surface area contributed by atoms with E-state index in [2.05, 4.69) is 5.16 Å². The maximum Gasteiger partial charge on any atom is 0.371 e. The van der Waals surface area contributed by atoms with Crippen molar-refractivity contribution in [1.82, 2.24) is 0 Å². The van der Waals surface area contributed by atoms with Crippen LogP contribution in [0, 0.1) is 0 Å². The van der Waals surface area contributed by atoms with Crippen LogP contribution in [0.2, 0.25) is 0 Å². The first kappa shape index (κ1) is 12.2. The predicted molar refractivity (Wildman–Crippen MR) is 66.7 cm³/mol. The van der Waals surface area contributed by atoms with E-state index >= 15 is 0 Å². The first-order valence-electron chi connectivity index (χ1n) is 5.45. The first-order chi connectivity index (χ1) is 8.56. The van der Waals surface area contributed by atoms with Gasteiger partial charge in [-0.15, -0.1) is 0 Å². The third kappa shape index (κ3) is 2.68. The molecule has 0 atom stereocenters. The number of furan rings is 1. The van der Waals surface area contributed by atoms with E-state index in [4.69, 9.17) is 14.4 Å². The Morgan fingerprint density at radius 1 is 1.39 bits per heavy atom. The van der Waals surface area contributed by atoms with Crippen LogP contribution in [0.25, 0.3) is 11.0 Å². The monoisotopic (exact) mass is 247 g/mol. The Kier molecular flexibility index (Phi) is 3.32. The molecular weight excluding hydrogens is 234 g/mol.